The minimum absolute atomic E-state index is 0.00225. The monoisotopic (exact) mass is 245 g/mol. The van der Waals surface area contributed by atoms with E-state index >= 15 is 0 Å². The summed E-state index contributed by atoms with van der Waals surface area (Å²) in [5, 5.41) is 11.6. The Balaban J connectivity index is 1.98. The zero-order chi connectivity index (χ0) is 13.0. The number of hydrogen-bond acceptors (Lipinski definition) is 2. The van der Waals surface area contributed by atoms with Crippen LogP contribution in [-0.4, -0.2) is 17.0 Å². The predicted octanol–water partition coefficient (Wildman–Crippen LogP) is 2.68. The van der Waals surface area contributed by atoms with E-state index in [9.17, 15) is 9.59 Å². The first kappa shape index (κ1) is 12.4. The van der Waals surface area contributed by atoms with Crippen molar-refractivity contribution in [1.29, 1.82) is 0 Å². The van der Waals surface area contributed by atoms with Crippen molar-refractivity contribution in [1.82, 2.24) is 0 Å². The number of anilines is 1. The Labute approximate surface area is 105 Å². The Kier molecular flexibility index (Phi) is 3.77. The van der Waals surface area contributed by atoms with Gasteiger partial charge in [0.25, 0.3) is 0 Å². The maximum atomic E-state index is 11.9. The van der Waals surface area contributed by atoms with Crippen molar-refractivity contribution in [2.24, 2.45) is 5.92 Å². The number of carbonyl (C=O) groups is 2. The topological polar surface area (TPSA) is 66.4 Å². The third-order valence-electron chi connectivity index (χ3n) is 3.04. The van der Waals surface area contributed by atoms with Gasteiger partial charge in [-0.05, 0) is 43.5 Å². The Bertz CT molecular complexity index is 476. The SMILES string of the molecule is O=C(O)c1ccc(NC(=O)[C@@H]2CC=CCC2)cc1. The molecule has 18 heavy (non-hydrogen) atoms. The van der Waals surface area contributed by atoms with E-state index in [-0.39, 0.29) is 17.4 Å². The lowest BCUT2D eigenvalue weighted by molar-refractivity contribution is -0.120. The number of carbonyl (C=O) groups excluding carboxylic acids is 1. The molecule has 0 heterocycles. The molecule has 94 valence electrons. The van der Waals surface area contributed by atoms with E-state index in [0.29, 0.717) is 5.69 Å². The molecule has 1 aliphatic rings. The average molecular weight is 245 g/mol. The molecule has 2 N–H and O–H groups in total. The number of carboxylic acids is 1. The Morgan fingerprint density at radius 1 is 1.17 bits per heavy atom. The fourth-order valence-electron chi connectivity index (χ4n) is 1.97. The number of benzene rings is 1. The van der Waals surface area contributed by atoms with Gasteiger partial charge < -0.3 is 10.4 Å². The number of nitrogens with one attached hydrogen (secondary N) is 1. The molecule has 1 aliphatic carbocycles. The fraction of sp³-hybridized carbons (Fsp3) is 0.286. The normalized spacial score (nSPS) is 18.3. The van der Waals surface area contributed by atoms with E-state index in [0.717, 1.165) is 19.3 Å². The number of carboxylic acid groups (broad SMARTS) is 1. The second kappa shape index (κ2) is 5.49. The lowest BCUT2D eigenvalue weighted by Crippen LogP contribution is -2.23. The summed E-state index contributed by atoms with van der Waals surface area (Å²) in [5.74, 6) is -0.943. The van der Waals surface area contributed by atoms with Crippen LogP contribution in [0.25, 0.3) is 0 Å². The largest absolute Gasteiger partial charge is 0.478 e. The van der Waals surface area contributed by atoms with Crippen molar-refractivity contribution in [2.75, 3.05) is 5.32 Å². The zero-order valence-corrected chi connectivity index (χ0v) is 9.93. The van der Waals surface area contributed by atoms with Gasteiger partial charge in [0.15, 0.2) is 0 Å². The van der Waals surface area contributed by atoms with E-state index in [1.54, 1.807) is 12.1 Å². The number of amides is 1. The van der Waals surface area contributed by atoms with E-state index < -0.39 is 5.97 Å². The molecule has 0 fully saturated rings. The van der Waals surface area contributed by atoms with Gasteiger partial charge >= 0.3 is 5.97 Å². The molecule has 0 unspecified atom stereocenters. The highest BCUT2D eigenvalue weighted by Gasteiger charge is 2.18. The molecular weight excluding hydrogens is 230 g/mol. The second-order valence-electron chi connectivity index (χ2n) is 4.35. The van der Waals surface area contributed by atoms with Gasteiger partial charge in [0.2, 0.25) is 5.91 Å². The average Bonchev–Trinajstić information content (AvgIpc) is 2.40. The zero-order valence-electron chi connectivity index (χ0n) is 9.93. The molecule has 4 heteroatoms. The van der Waals surface area contributed by atoms with Crippen LogP contribution in [0.2, 0.25) is 0 Å². The van der Waals surface area contributed by atoms with Crippen LogP contribution in [0.4, 0.5) is 5.69 Å². The van der Waals surface area contributed by atoms with Gasteiger partial charge in [0.1, 0.15) is 0 Å². The lowest BCUT2D eigenvalue weighted by Gasteiger charge is -2.17. The molecule has 0 aromatic heterocycles. The number of rotatable bonds is 3. The molecule has 0 saturated carbocycles. The van der Waals surface area contributed by atoms with Crippen molar-refractivity contribution >= 4 is 17.6 Å². The minimum atomic E-state index is -0.967. The van der Waals surface area contributed by atoms with Crippen LogP contribution in [0.15, 0.2) is 36.4 Å². The van der Waals surface area contributed by atoms with Crippen molar-refractivity contribution in [3.63, 3.8) is 0 Å². The van der Waals surface area contributed by atoms with E-state index in [2.05, 4.69) is 11.4 Å². The van der Waals surface area contributed by atoms with Crippen LogP contribution >= 0.6 is 0 Å². The molecule has 1 aromatic carbocycles. The van der Waals surface area contributed by atoms with Gasteiger partial charge in [0.05, 0.1) is 5.56 Å². The predicted molar refractivity (Wildman–Crippen MR) is 68.5 cm³/mol. The molecule has 0 spiro atoms. The second-order valence-corrected chi connectivity index (χ2v) is 4.35. The van der Waals surface area contributed by atoms with Crippen molar-refractivity contribution in [3.8, 4) is 0 Å². The summed E-state index contributed by atoms with van der Waals surface area (Å²) in [4.78, 5) is 22.6. The molecule has 1 aromatic rings. The number of hydrogen-bond donors (Lipinski definition) is 2. The number of aromatic carboxylic acids is 1. The Morgan fingerprint density at radius 2 is 1.89 bits per heavy atom. The van der Waals surface area contributed by atoms with Gasteiger partial charge in [-0.25, -0.2) is 4.79 Å². The van der Waals surface area contributed by atoms with Gasteiger partial charge in [-0.2, -0.15) is 0 Å². The molecule has 4 nitrogen and oxygen atoms in total. The summed E-state index contributed by atoms with van der Waals surface area (Å²) >= 11 is 0. The summed E-state index contributed by atoms with van der Waals surface area (Å²) in [7, 11) is 0. The first-order chi connectivity index (χ1) is 8.66. The summed E-state index contributed by atoms with van der Waals surface area (Å²) in [6, 6.07) is 6.19. The molecule has 0 bridgehead atoms. The summed E-state index contributed by atoms with van der Waals surface area (Å²) in [6.07, 6.45) is 6.71. The molecule has 0 saturated heterocycles. The van der Waals surface area contributed by atoms with Crippen molar-refractivity contribution in [2.45, 2.75) is 19.3 Å². The van der Waals surface area contributed by atoms with Gasteiger partial charge in [-0.15, -0.1) is 0 Å². The molecule has 0 aliphatic heterocycles. The first-order valence-corrected chi connectivity index (χ1v) is 5.96. The van der Waals surface area contributed by atoms with Crippen molar-refractivity contribution in [3.05, 3.63) is 42.0 Å². The smallest absolute Gasteiger partial charge is 0.335 e. The Morgan fingerprint density at radius 3 is 2.44 bits per heavy atom. The molecule has 2 rings (SSSR count). The third-order valence-corrected chi connectivity index (χ3v) is 3.04. The molecular formula is C14H15NO3. The minimum Gasteiger partial charge on any atom is -0.478 e. The first-order valence-electron chi connectivity index (χ1n) is 5.96. The lowest BCUT2D eigenvalue weighted by atomic mass is 9.93. The summed E-state index contributed by atoms with van der Waals surface area (Å²) < 4.78 is 0. The molecule has 1 atom stereocenters. The van der Waals surface area contributed by atoms with Gasteiger partial charge in [-0.1, -0.05) is 12.2 Å². The van der Waals surface area contributed by atoms with Crippen molar-refractivity contribution < 1.29 is 14.7 Å². The van der Waals surface area contributed by atoms with Crippen LogP contribution in [0.1, 0.15) is 29.6 Å². The number of allylic oxidation sites excluding steroid dienone is 2. The van der Waals surface area contributed by atoms with Crippen LogP contribution < -0.4 is 5.32 Å². The van der Waals surface area contributed by atoms with Crippen LogP contribution in [0.3, 0.4) is 0 Å². The highest BCUT2D eigenvalue weighted by Crippen LogP contribution is 2.20. The van der Waals surface area contributed by atoms with E-state index in [1.807, 2.05) is 6.08 Å². The Hall–Kier alpha value is -2.10. The highest BCUT2D eigenvalue weighted by molar-refractivity contribution is 5.93. The molecule has 1 amide bonds. The standard InChI is InChI=1S/C14H15NO3/c16-13(10-4-2-1-3-5-10)15-12-8-6-11(7-9-12)14(17)18/h1-2,6-10H,3-5H2,(H,15,16)(H,17,18)/t10-/m1/s1. The summed E-state index contributed by atoms with van der Waals surface area (Å²) in [6.45, 7) is 0. The highest BCUT2D eigenvalue weighted by atomic mass is 16.4. The van der Waals surface area contributed by atoms with Crippen LogP contribution in [0, 0.1) is 5.92 Å². The van der Waals surface area contributed by atoms with Crippen LogP contribution in [0.5, 0.6) is 0 Å². The van der Waals surface area contributed by atoms with Crippen LogP contribution in [-0.2, 0) is 4.79 Å². The fourth-order valence-corrected chi connectivity index (χ4v) is 1.97. The van der Waals surface area contributed by atoms with E-state index in [4.69, 9.17) is 5.11 Å². The quantitative estimate of drug-likeness (QED) is 0.804. The third kappa shape index (κ3) is 2.97. The van der Waals surface area contributed by atoms with Gasteiger partial charge in [-0.3, -0.25) is 4.79 Å². The summed E-state index contributed by atoms with van der Waals surface area (Å²) in [5.41, 5.74) is 0.855. The maximum absolute atomic E-state index is 11.9. The molecule has 0 radical (unpaired) electrons. The van der Waals surface area contributed by atoms with E-state index in [1.165, 1.54) is 12.1 Å². The maximum Gasteiger partial charge on any atom is 0.335 e. The van der Waals surface area contributed by atoms with Gasteiger partial charge in [0, 0.05) is 11.6 Å².